The van der Waals surface area contributed by atoms with E-state index in [1.807, 2.05) is 6.07 Å². The largest absolute Gasteiger partial charge is 0.369 e. The quantitative estimate of drug-likeness (QED) is 0.644. The summed E-state index contributed by atoms with van der Waals surface area (Å²) in [6, 6.07) is 9.92. The van der Waals surface area contributed by atoms with Crippen LogP contribution in [0, 0.1) is 10.1 Å². The minimum absolute atomic E-state index is 0.0557. The minimum Gasteiger partial charge on any atom is -0.369 e. The molecule has 2 N–H and O–H groups in total. The number of nitro groups is 1. The number of carbonyl (C=O) groups is 1. The van der Waals surface area contributed by atoms with Crippen LogP contribution in [0.25, 0.3) is 10.8 Å². The SMILES string of the molecule is NC(=O)Cc1ccc2cc([N+](=O)[O-])ccc2c1. The monoisotopic (exact) mass is 230 g/mol. The first kappa shape index (κ1) is 11.1. The van der Waals surface area contributed by atoms with Crippen molar-refractivity contribution in [1.29, 1.82) is 0 Å². The Morgan fingerprint density at radius 3 is 2.47 bits per heavy atom. The van der Waals surface area contributed by atoms with Crippen LogP contribution in [-0.4, -0.2) is 10.8 Å². The Balaban J connectivity index is 2.46. The number of hydrogen-bond acceptors (Lipinski definition) is 3. The fraction of sp³-hybridized carbons (Fsp3) is 0.0833. The van der Waals surface area contributed by atoms with Crippen molar-refractivity contribution in [3.05, 3.63) is 52.1 Å². The Morgan fingerprint density at radius 2 is 1.82 bits per heavy atom. The van der Waals surface area contributed by atoms with Gasteiger partial charge in [0.05, 0.1) is 11.3 Å². The van der Waals surface area contributed by atoms with Crippen LogP contribution in [0.1, 0.15) is 5.56 Å². The van der Waals surface area contributed by atoms with Gasteiger partial charge in [0.25, 0.3) is 5.69 Å². The van der Waals surface area contributed by atoms with Gasteiger partial charge in [-0.05, 0) is 22.4 Å². The molecule has 0 saturated heterocycles. The molecule has 0 saturated carbocycles. The summed E-state index contributed by atoms with van der Waals surface area (Å²) in [7, 11) is 0. The van der Waals surface area contributed by atoms with Crippen molar-refractivity contribution in [2.75, 3.05) is 0 Å². The average molecular weight is 230 g/mol. The third-order valence-electron chi connectivity index (χ3n) is 2.48. The lowest BCUT2D eigenvalue weighted by atomic mass is 10.0. The molecule has 0 unspecified atom stereocenters. The van der Waals surface area contributed by atoms with Crippen LogP contribution in [0.4, 0.5) is 5.69 Å². The maximum Gasteiger partial charge on any atom is 0.270 e. The number of rotatable bonds is 3. The highest BCUT2D eigenvalue weighted by atomic mass is 16.6. The number of primary amides is 1. The van der Waals surface area contributed by atoms with Gasteiger partial charge in [0.2, 0.25) is 5.91 Å². The molecule has 0 fully saturated rings. The summed E-state index contributed by atoms with van der Waals surface area (Å²) in [5.41, 5.74) is 5.96. The Hall–Kier alpha value is -2.43. The molecule has 0 atom stereocenters. The molecule has 0 aliphatic carbocycles. The van der Waals surface area contributed by atoms with Crippen LogP contribution in [0.2, 0.25) is 0 Å². The molecule has 2 rings (SSSR count). The Kier molecular flexibility index (Phi) is 2.74. The maximum absolute atomic E-state index is 10.8. The second-order valence-corrected chi connectivity index (χ2v) is 3.77. The van der Waals surface area contributed by atoms with E-state index in [2.05, 4.69) is 0 Å². The van der Waals surface area contributed by atoms with Crippen molar-refractivity contribution >= 4 is 22.4 Å². The van der Waals surface area contributed by atoms with E-state index in [1.165, 1.54) is 12.1 Å². The molecule has 2 aromatic carbocycles. The zero-order chi connectivity index (χ0) is 12.4. The van der Waals surface area contributed by atoms with Gasteiger partial charge in [0.1, 0.15) is 0 Å². The molecular weight excluding hydrogens is 220 g/mol. The van der Waals surface area contributed by atoms with E-state index in [9.17, 15) is 14.9 Å². The highest BCUT2D eigenvalue weighted by molar-refractivity contribution is 5.86. The van der Waals surface area contributed by atoms with Gasteiger partial charge in [-0.15, -0.1) is 0 Å². The molecule has 5 heteroatoms. The number of nitrogens with zero attached hydrogens (tertiary/aromatic N) is 1. The van der Waals surface area contributed by atoms with E-state index in [-0.39, 0.29) is 12.1 Å². The zero-order valence-corrected chi connectivity index (χ0v) is 8.92. The second kappa shape index (κ2) is 4.21. The first-order valence-corrected chi connectivity index (χ1v) is 5.01. The number of nitro benzene ring substituents is 1. The van der Waals surface area contributed by atoms with Crippen molar-refractivity contribution in [3.8, 4) is 0 Å². The third-order valence-corrected chi connectivity index (χ3v) is 2.48. The number of amides is 1. The van der Waals surface area contributed by atoms with Crippen LogP contribution in [0.5, 0.6) is 0 Å². The van der Waals surface area contributed by atoms with E-state index in [1.54, 1.807) is 18.2 Å². The molecule has 86 valence electrons. The molecule has 0 aliphatic heterocycles. The number of fused-ring (bicyclic) bond motifs is 1. The predicted octanol–water partition coefficient (Wildman–Crippen LogP) is 1.78. The summed E-state index contributed by atoms with van der Waals surface area (Å²) >= 11 is 0. The molecule has 0 spiro atoms. The molecule has 0 aromatic heterocycles. The molecule has 1 amide bonds. The average Bonchev–Trinajstić information content (AvgIpc) is 2.27. The summed E-state index contributed by atoms with van der Waals surface area (Å²) in [5.74, 6) is -0.397. The molecule has 0 bridgehead atoms. The summed E-state index contributed by atoms with van der Waals surface area (Å²) < 4.78 is 0. The van der Waals surface area contributed by atoms with Crippen molar-refractivity contribution in [2.45, 2.75) is 6.42 Å². The predicted molar refractivity (Wildman–Crippen MR) is 63.5 cm³/mol. The van der Waals surface area contributed by atoms with E-state index in [0.29, 0.717) is 0 Å². The van der Waals surface area contributed by atoms with Gasteiger partial charge in [-0.2, -0.15) is 0 Å². The summed E-state index contributed by atoms with van der Waals surface area (Å²) in [6.45, 7) is 0. The van der Waals surface area contributed by atoms with Gasteiger partial charge in [-0.1, -0.05) is 18.2 Å². The first-order chi connectivity index (χ1) is 8.06. The molecule has 0 heterocycles. The molecule has 0 radical (unpaired) electrons. The lowest BCUT2D eigenvalue weighted by molar-refractivity contribution is -0.384. The zero-order valence-electron chi connectivity index (χ0n) is 8.92. The number of benzene rings is 2. The number of carbonyl (C=O) groups excluding carboxylic acids is 1. The Labute approximate surface area is 97.0 Å². The second-order valence-electron chi connectivity index (χ2n) is 3.77. The Bertz CT molecular complexity index is 608. The summed E-state index contributed by atoms with van der Waals surface area (Å²) in [6.07, 6.45) is 0.174. The van der Waals surface area contributed by atoms with E-state index in [4.69, 9.17) is 5.73 Å². The lowest BCUT2D eigenvalue weighted by Gasteiger charge is -2.01. The van der Waals surface area contributed by atoms with E-state index >= 15 is 0 Å². The normalized spacial score (nSPS) is 10.4. The number of hydrogen-bond donors (Lipinski definition) is 1. The standard InChI is InChI=1S/C12H10N2O3/c13-12(15)6-8-1-2-10-7-11(14(16)17)4-3-9(10)5-8/h1-5,7H,6H2,(H2,13,15). The van der Waals surface area contributed by atoms with Gasteiger partial charge in [0, 0.05) is 12.1 Å². The number of non-ortho nitro benzene ring substituents is 1. The maximum atomic E-state index is 10.8. The summed E-state index contributed by atoms with van der Waals surface area (Å²) in [4.78, 5) is 20.9. The van der Waals surface area contributed by atoms with Crippen LogP contribution in [0.3, 0.4) is 0 Å². The van der Waals surface area contributed by atoms with Crippen LogP contribution in [0.15, 0.2) is 36.4 Å². The van der Waals surface area contributed by atoms with Crippen molar-refractivity contribution < 1.29 is 9.72 Å². The van der Waals surface area contributed by atoms with Crippen LogP contribution >= 0.6 is 0 Å². The molecule has 5 nitrogen and oxygen atoms in total. The molecular formula is C12H10N2O3. The lowest BCUT2D eigenvalue weighted by Crippen LogP contribution is -2.13. The van der Waals surface area contributed by atoms with Crippen LogP contribution < -0.4 is 5.73 Å². The highest BCUT2D eigenvalue weighted by Gasteiger charge is 2.06. The smallest absolute Gasteiger partial charge is 0.270 e. The Morgan fingerprint density at radius 1 is 1.18 bits per heavy atom. The first-order valence-electron chi connectivity index (χ1n) is 5.01. The fourth-order valence-electron chi connectivity index (χ4n) is 1.71. The number of nitrogens with two attached hydrogens (primary N) is 1. The van der Waals surface area contributed by atoms with Gasteiger partial charge < -0.3 is 5.73 Å². The minimum atomic E-state index is -0.434. The van der Waals surface area contributed by atoms with Gasteiger partial charge in [0.15, 0.2) is 0 Å². The molecule has 2 aromatic rings. The third kappa shape index (κ3) is 2.39. The summed E-state index contributed by atoms with van der Waals surface area (Å²) in [5, 5.41) is 12.2. The van der Waals surface area contributed by atoms with Crippen molar-refractivity contribution in [2.24, 2.45) is 5.73 Å². The highest BCUT2D eigenvalue weighted by Crippen LogP contribution is 2.22. The van der Waals surface area contributed by atoms with E-state index < -0.39 is 10.8 Å². The van der Waals surface area contributed by atoms with Crippen LogP contribution in [-0.2, 0) is 11.2 Å². The fourth-order valence-corrected chi connectivity index (χ4v) is 1.71. The van der Waals surface area contributed by atoms with E-state index in [0.717, 1.165) is 16.3 Å². The van der Waals surface area contributed by atoms with Crippen molar-refractivity contribution in [3.63, 3.8) is 0 Å². The van der Waals surface area contributed by atoms with Gasteiger partial charge >= 0.3 is 0 Å². The topological polar surface area (TPSA) is 86.2 Å². The molecule has 0 aliphatic rings. The van der Waals surface area contributed by atoms with Gasteiger partial charge in [-0.25, -0.2) is 0 Å². The van der Waals surface area contributed by atoms with Gasteiger partial charge in [-0.3, -0.25) is 14.9 Å². The molecule has 17 heavy (non-hydrogen) atoms. The van der Waals surface area contributed by atoms with Crippen molar-refractivity contribution in [1.82, 2.24) is 0 Å².